The molecule has 0 aliphatic rings. The lowest BCUT2D eigenvalue weighted by atomic mass is 10.1. The van der Waals surface area contributed by atoms with E-state index in [1.165, 1.54) is 0 Å². The predicted octanol–water partition coefficient (Wildman–Crippen LogP) is 1.64. The van der Waals surface area contributed by atoms with Crippen LogP contribution in [0.25, 0.3) is 0 Å². The van der Waals surface area contributed by atoms with E-state index in [0.717, 1.165) is 5.56 Å². The van der Waals surface area contributed by atoms with Crippen molar-refractivity contribution in [3.63, 3.8) is 0 Å². The molecule has 1 N–H and O–H groups in total. The van der Waals surface area contributed by atoms with Crippen LogP contribution in [0.3, 0.4) is 0 Å². The standard InChI is InChI=1S/C13H18N2O2S/c1-3-18(16,17)8-7-15-11(2)13-6-4-5-12(9-13)10-14/h4-6,9,11,15H,3,7-8H2,1-2H3. The van der Waals surface area contributed by atoms with Crippen LogP contribution in [0.1, 0.15) is 31.0 Å². The molecule has 1 unspecified atom stereocenters. The second-order valence-corrected chi connectivity index (χ2v) is 6.62. The van der Waals surface area contributed by atoms with E-state index in [4.69, 9.17) is 5.26 Å². The average Bonchev–Trinajstić information content (AvgIpc) is 2.38. The Morgan fingerprint density at radius 3 is 2.78 bits per heavy atom. The summed E-state index contributed by atoms with van der Waals surface area (Å²) in [6, 6.07) is 9.43. The van der Waals surface area contributed by atoms with Crippen molar-refractivity contribution in [3.8, 4) is 6.07 Å². The molecule has 0 aromatic heterocycles. The predicted molar refractivity (Wildman–Crippen MR) is 71.9 cm³/mol. The molecule has 18 heavy (non-hydrogen) atoms. The van der Waals surface area contributed by atoms with E-state index < -0.39 is 9.84 Å². The van der Waals surface area contributed by atoms with Crippen LogP contribution in [-0.4, -0.2) is 26.5 Å². The fourth-order valence-electron chi connectivity index (χ4n) is 1.57. The van der Waals surface area contributed by atoms with Gasteiger partial charge in [0, 0.05) is 18.3 Å². The maximum absolute atomic E-state index is 11.3. The van der Waals surface area contributed by atoms with Gasteiger partial charge in [-0.15, -0.1) is 0 Å². The molecule has 1 rings (SSSR count). The van der Waals surface area contributed by atoms with Crippen molar-refractivity contribution >= 4 is 9.84 Å². The first-order chi connectivity index (χ1) is 8.48. The molecule has 1 aromatic rings. The zero-order valence-corrected chi connectivity index (χ0v) is 11.5. The minimum Gasteiger partial charge on any atom is -0.309 e. The van der Waals surface area contributed by atoms with Crippen LogP contribution in [-0.2, 0) is 9.84 Å². The summed E-state index contributed by atoms with van der Waals surface area (Å²) in [5.74, 6) is 0.318. The largest absolute Gasteiger partial charge is 0.309 e. The van der Waals surface area contributed by atoms with E-state index in [-0.39, 0.29) is 17.5 Å². The van der Waals surface area contributed by atoms with Crippen LogP contribution >= 0.6 is 0 Å². The van der Waals surface area contributed by atoms with Crippen molar-refractivity contribution in [2.45, 2.75) is 19.9 Å². The second-order valence-electron chi connectivity index (χ2n) is 4.15. The Hall–Kier alpha value is -1.38. The van der Waals surface area contributed by atoms with Crippen LogP contribution in [0, 0.1) is 11.3 Å². The summed E-state index contributed by atoms with van der Waals surface area (Å²) in [6.45, 7) is 4.03. The third-order valence-electron chi connectivity index (χ3n) is 2.82. The lowest BCUT2D eigenvalue weighted by molar-refractivity contribution is 0.573. The highest BCUT2D eigenvalue weighted by Crippen LogP contribution is 2.13. The molecule has 1 atom stereocenters. The SMILES string of the molecule is CCS(=O)(=O)CCNC(C)c1cccc(C#N)c1. The topological polar surface area (TPSA) is 70.0 Å². The molecule has 4 nitrogen and oxygen atoms in total. The van der Waals surface area contributed by atoms with Crippen LogP contribution in [0.15, 0.2) is 24.3 Å². The number of hydrogen-bond donors (Lipinski definition) is 1. The summed E-state index contributed by atoms with van der Waals surface area (Å²) < 4.78 is 22.7. The van der Waals surface area contributed by atoms with Gasteiger partial charge in [0.25, 0.3) is 0 Å². The van der Waals surface area contributed by atoms with Crippen molar-refractivity contribution in [2.75, 3.05) is 18.1 Å². The Balaban J connectivity index is 2.56. The van der Waals surface area contributed by atoms with Gasteiger partial charge >= 0.3 is 0 Å². The number of benzene rings is 1. The summed E-state index contributed by atoms with van der Waals surface area (Å²) in [5, 5.41) is 12.0. The van der Waals surface area contributed by atoms with Gasteiger partial charge in [-0.2, -0.15) is 5.26 Å². The summed E-state index contributed by atoms with van der Waals surface area (Å²) in [6.07, 6.45) is 0. The first-order valence-electron chi connectivity index (χ1n) is 5.92. The maximum Gasteiger partial charge on any atom is 0.151 e. The highest BCUT2D eigenvalue weighted by atomic mass is 32.2. The summed E-state index contributed by atoms with van der Waals surface area (Å²) in [4.78, 5) is 0. The van der Waals surface area contributed by atoms with E-state index in [9.17, 15) is 8.42 Å². The number of nitrogens with zero attached hydrogens (tertiary/aromatic N) is 1. The van der Waals surface area contributed by atoms with E-state index in [0.29, 0.717) is 12.1 Å². The van der Waals surface area contributed by atoms with Crippen molar-refractivity contribution in [3.05, 3.63) is 35.4 Å². The van der Waals surface area contributed by atoms with Crippen LogP contribution in [0.5, 0.6) is 0 Å². The number of nitrogens with one attached hydrogen (secondary N) is 1. The lowest BCUT2D eigenvalue weighted by Crippen LogP contribution is -2.26. The fourth-order valence-corrected chi connectivity index (χ4v) is 2.29. The molecule has 0 aliphatic carbocycles. The zero-order chi connectivity index (χ0) is 13.6. The monoisotopic (exact) mass is 266 g/mol. The van der Waals surface area contributed by atoms with E-state index in [1.807, 2.05) is 25.1 Å². The van der Waals surface area contributed by atoms with Gasteiger partial charge < -0.3 is 5.32 Å². The lowest BCUT2D eigenvalue weighted by Gasteiger charge is -2.14. The molecular weight excluding hydrogens is 248 g/mol. The fraction of sp³-hybridized carbons (Fsp3) is 0.462. The van der Waals surface area contributed by atoms with Gasteiger partial charge in [0.05, 0.1) is 17.4 Å². The molecule has 0 bridgehead atoms. The van der Waals surface area contributed by atoms with Gasteiger partial charge in [-0.25, -0.2) is 8.42 Å². The molecule has 0 saturated carbocycles. The molecule has 0 fully saturated rings. The number of nitriles is 1. The third kappa shape index (κ3) is 4.47. The summed E-state index contributed by atoms with van der Waals surface area (Å²) in [5.41, 5.74) is 1.60. The molecule has 0 saturated heterocycles. The van der Waals surface area contributed by atoms with Gasteiger partial charge in [0.15, 0.2) is 9.84 Å². The Morgan fingerprint density at radius 2 is 2.17 bits per heavy atom. The molecular formula is C13H18N2O2S. The van der Waals surface area contributed by atoms with Crippen LogP contribution < -0.4 is 5.32 Å². The number of sulfone groups is 1. The van der Waals surface area contributed by atoms with E-state index in [2.05, 4.69) is 11.4 Å². The smallest absolute Gasteiger partial charge is 0.151 e. The highest BCUT2D eigenvalue weighted by molar-refractivity contribution is 7.91. The number of rotatable bonds is 6. The minimum absolute atomic E-state index is 0.0327. The van der Waals surface area contributed by atoms with E-state index in [1.54, 1.807) is 13.0 Å². The molecule has 98 valence electrons. The zero-order valence-electron chi connectivity index (χ0n) is 10.7. The van der Waals surface area contributed by atoms with Gasteiger partial charge in [-0.05, 0) is 24.6 Å². The first kappa shape index (κ1) is 14.7. The molecule has 0 heterocycles. The molecule has 0 spiro atoms. The Bertz CT molecular complexity index is 532. The van der Waals surface area contributed by atoms with Crippen molar-refractivity contribution in [1.29, 1.82) is 5.26 Å². The third-order valence-corrected chi connectivity index (χ3v) is 4.52. The van der Waals surface area contributed by atoms with Gasteiger partial charge in [-0.1, -0.05) is 19.1 Å². The first-order valence-corrected chi connectivity index (χ1v) is 7.74. The van der Waals surface area contributed by atoms with Crippen molar-refractivity contribution in [1.82, 2.24) is 5.32 Å². The molecule has 0 amide bonds. The van der Waals surface area contributed by atoms with Gasteiger partial charge in [0.2, 0.25) is 0 Å². The highest BCUT2D eigenvalue weighted by Gasteiger charge is 2.09. The summed E-state index contributed by atoms with van der Waals surface area (Å²) >= 11 is 0. The van der Waals surface area contributed by atoms with Crippen molar-refractivity contribution < 1.29 is 8.42 Å². The summed E-state index contributed by atoms with van der Waals surface area (Å²) in [7, 11) is -2.93. The van der Waals surface area contributed by atoms with Gasteiger partial charge in [-0.3, -0.25) is 0 Å². The Morgan fingerprint density at radius 1 is 1.44 bits per heavy atom. The molecule has 5 heteroatoms. The quantitative estimate of drug-likeness (QED) is 0.850. The second kappa shape index (κ2) is 6.53. The minimum atomic E-state index is -2.93. The number of hydrogen-bond acceptors (Lipinski definition) is 4. The van der Waals surface area contributed by atoms with Crippen LogP contribution in [0.4, 0.5) is 0 Å². The van der Waals surface area contributed by atoms with Crippen LogP contribution in [0.2, 0.25) is 0 Å². The molecule has 0 aliphatic heterocycles. The Kier molecular flexibility index (Phi) is 5.32. The molecule has 1 aromatic carbocycles. The molecule has 0 radical (unpaired) electrons. The Labute approximate surface area is 109 Å². The van der Waals surface area contributed by atoms with Crippen molar-refractivity contribution in [2.24, 2.45) is 0 Å². The normalized spacial score (nSPS) is 12.9. The maximum atomic E-state index is 11.3. The van der Waals surface area contributed by atoms with Gasteiger partial charge in [0.1, 0.15) is 0 Å². The average molecular weight is 266 g/mol. The van der Waals surface area contributed by atoms with E-state index >= 15 is 0 Å².